The topological polar surface area (TPSA) is 44.8 Å². The van der Waals surface area contributed by atoms with E-state index in [0.717, 1.165) is 64.1 Å². The van der Waals surface area contributed by atoms with E-state index in [-0.39, 0.29) is 23.4 Å². The Kier molecular flexibility index (Phi) is 4.65. The summed E-state index contributed by atoms with van der Waals surface area (Å²) < 4.78 is 19.0. The number of halogens is 1. The molecule has 1 atom stereocenters. The van der Waals surface area contributed by atoms with Crippen molar-refractivity contribution in [3.05, 3.63) is 35.6 Å². The van der Waals surface area contributed by atoms with Gasteiger partial charge in [-0.15, -0.1) is 0 Å². The predicted molar refractivity (Wildman–Crippen MR) is 92.8 cm³/mol. The molecule has 136 valence electrons. The summed E-state index contributed by atoms with van der Waals surface area (Å²) in [5.74, 6) is -0.242. The number of carbonyl (C=O) groups is 1. The summed E-state index contributed by atoms with van der Waals surface area (Å²) in [5.41, 5.74) is 1.02. The minimum Gasteiger partial charge on any atom is -0.379 e. The van der Waals surface area contributed by atoms with Crippen LogP contribution < -0.4 is 5.32 Å². The quantitative estimate of drug-likeness (QED) is 0.910. The van der Waals surface area contributed by atoms with Gasteiger partial charge < -0.3 is 15.0 Å². The number of likely N-dealkylation sites (tertiary alicyclic amines) is 1. The van der Waals surface area contributed by atoms with Crippen molar-refractivity contribution in [2.75, 3.05) is 39.4 Å². The molecule has 25 heavy (non-hydrogen) atoms. The third kappa shape index (κ3) is 3.51. The van der Waals surface area contributed by atoms with Gasteiger partial charge in [0.25, 0.3) is 0 Å². The van der Waals surface area contributed by atoms with Gasteiger partial charge in [-0.05, 0) is 43.4 Å². The van der Waals surface area contributed by atoms with Gasteiger partial charge in [-0.1, -0.05) is 12.1 Å². The number of nitrogens with one attached hydrogen (secondary N) is 1. The Morgan fingerprint density at radius 3 is 2.80 bits per heavy atom. The summed E-state index contributed by atoms with van der Waals surface area (Å²) in [6, 6.07) is 6.58. The van der Waals surface area contributed by atoms with Gasteiger partial charge in [-0.2, -0.15) is 0 Å². The number of urea groups is 1. The molecule has 3 aliphatic rings. The first-order chi connectivity index (χ1) is 12.2. The van der Waals surface area contributed by atoms with Crippen LogP contribution in [0.2, 0.25) is 0 Å². The first kappa shape index (κ1) is 16.8. The second-order valence-corrected chi connectivity index (χ2v) is 7.39. The Hall–Kier alpha value is -1.66. The highest BCUT2D eigenvalue weighted by Gasteiger charge is 2.48. The Morgan fingerprint density at radius 1 is 1.28 bits per heavy atom. The second-order valence-electron chi connectivity index (χ2n) is 7.39. The summed E-state index contributed by atoms with van der Waals surface area (Å²) in [5, 5.41) is 3.15. The van der Waals surface area contributed by atoms with Gasteiger partial charge in [-0.3, -0.25) is 4.90 Å². The Labute approximate surface area is 148 Å². The highest BCUT2D eigenvalue weighted by molar-refractivity contribution is 5.75. The van der Waals surface area contributed by atoms with Gasteiger partial charge in [0.1, 0.15) is 5.82 Å². The maximum atomic E-state index is 13.5. The van der Waals surface area contributed by atoms with E-state index >= 15 is 0 Å². The van der Waals surface area contributed by atoms with Gasteiger partial charge in [0.05, 0.1) is 19.3 Å². The smallest absolute Gasteiger partial charge is 0.317 e. The van der Waals surface area contributed by atoms with Crippen molar-refractivity contribution < 1.29 is 13.9 Å². The molecule has 5 nitrogen and oxygen atoms in total. The van der Waals surface area contributed by atoms with Crippen LogP contribution in [0, 0.1) is 5.82 Å². The minimum absolute atomic E-state index is 0.0192. The van der Waals surface area contributed by atoms with Crippen LogP contribution >= 0.6 is 0 Å². The molecule has 2 heterocycles. The monoisotopic (exact) mass is 347 g/mol. The lowest BCUT2D eigenvalue weighted by Crippen LogP contribution is -2.52. The average molecular weight is 347 g/mol. The molecule has 0 radical (unpaired) electrons. The molecule has 6 heteroatoms. The number of carbonyl (C=O) groups excluding carboxylic acids is 1. The lowest BCUT2D eigenvalue weighted by Gasteiger charge is -2.35. The van der Waals surface area contributed by atoms with E-state index in [1.807, 2.05) is 11.0 Å². The molecule has 2 saturated heterocycles. The van der Waals surface area contributed by atoms with E-state index in [0.29, 0.717) is 6.54 Å². The number of nitrogens with zero attached hydrogens (tertiary/aromatic N) is 2. The van der Waals surface area contributed by atoms with Crippen LogP contribution in [0.3, 0.4) is 0 Å². The molecule has 1 aromatic rings. The molecule has 1 aromatic carbocycles. The molecule has 0 unspecified atom stereocenters. The van der Waals surface area contributed by atoms with Crippen LogP contribution in [-0.4, -0.2) is 60.8 Å². The predicted octanol–water partition coefficient (Wildman–Crippen LogP) is 2.54. The van der Waals surface area contributed by atoms with E-state index in [1.165, 1.54) is 6.07 Å². The maximum Gasteiger partial charge on any atom is 0.317 e. The average Bonchev–Trinajstić information content (AvgIpc) is 3.27. The van der Waals surface area contributed by atoms with Crippen LogP contribution in [0.5, 0.6) is 0 Å². The van der Waals surface area contributed by atoms with Crippen LogP contribution in [-0.2, 0) is 4.74 Å². The number of rotatable bonds is 4. The van der Waals surface area contributed by atoms with E-state index < -0.39 is 0 Å². The largest absolute Gasteiger partial charge is 0.379 e. The number of benzene rings is 1. The zero-order chi connectivity index (χ0) is 17.3. The standard InChI is InChI=1S/C19H26FN3O2/c20-16-4-1-3-15(13-16)17-5-2-8-23(17)18(24)21-14-19(6-7-19)22-9-11-25-12-10-22/h1,3-4,13,17H,2,5-12,14H2,(H,21,24)/t17-/m0/s1. The molecule has 2 amide bonds. The van der Waals surface area contributed by atoms with Crippen LogP contribution in [0.15, 0.2) is 24.3 Å². The summed E-state index contributed by atoms with van der Waals surface area (Å²) in [6.45, 7) is 4.89. The molecule has 3 fully saturated rings. The normalized spacial score (nSPS) is 25.8. The fourth-order valence-corrected chi connectivity index (χ4v) is 4.20. The van der Waals surface area contributed by atoms with Crippen molar-refractivity contribution in [2.45, 2.75) is 37.3 Å². The second kappa shape index (κ2) is 6.92. The van der Waals surface area contributed by atoms with Gasteiger partial charge in [0.2, 0.25) is 0 Å². The van der Waals surface area contributed by atoms with E-state index in [9.17, 15) is 9.18 Å². The number of amides is 2. The molecular weight excluding hydrogens is 321 g/mol. The third-order valence-corrected chi connectivity index (χ3v) is 5.82. The molecule has 0 bridgehead atoms. The molecule has 0 aromatic heterocycles. The molecular formula is C19H26FN3O2. The van der Waals surface area contributed by atoms with Crippen molar-refractivity contribution in [1.82, 2.24) is 15.1 Å². The van der Waals surface area contributed by atoms with Crippen molar-refractivity contribution in [1.29, 1.82) is 0 Å². The van der Waals surface area contributed by atoms with Gasteiger partial charge >= 0.3 is 6.03 Å². The highest BCUT2D eigenvalue weighted by Crippen LogP contribution is 2.41. The first-order valence-electron chi connectivity index (χ1n) is 9.31. The van der Waals surface area contributed by atoms with Crippen LogP contribution in [0.25, 0.3) is 0 Å². The lowest BCUT2D eigenvalue weighted by atomic mass is 10.0. The fraction of sp³-hybridized carbons (Fsp3) is 0.632. The van der Waals surface area contributed by atoms with Crippen LogP contribution in [0.4, 0.5) is 9.18 Å². The zero-order valence-electron chi connectivity index (χ0n) is 14.5. The Bertz CT molecular complexity index is 629. The Morgan fingerprint density at radius 2 is 2.08 bits per heavy atom. The van der Waals surface area contributed by atoms with Crippen molar-refractivity contribution in [3.8, 4) is 0 Å². The van der Waals surface area contributed by atoms with E-state index in [1.54, 1.807) is 12.1 Å². The number of hydrogen-bond donors (Lipinski definition) is 1. The van der Waals surface area contributed by atoms with Crippen molar-refractivity contribution in [2.24, 2.45) is 0 Å². The van der Waals surface area contributed by atoms with Crippen molar-refractivity contribution in [3.63, 3.8) is 0 Å². The van der Waals surface area contributed by atoms with Crippen LogP contribution in [0.1, 0.15) is 37.3 Å². The summed E-state index contributed by atoms with van der Waals surface area (Å²) in [4.78, 5) is 17.1. The molecule has 1 N–H and O–H groups in total. The summed E-state index contributed by atoms with van der Waals surface area (Å²) >= 11 is 0. The minimum atomic E-state index is -0.242. The number of ether oxygens (including phenoxy) is 1. The number of morpholine rings is 1. The third-order valence-electron chi connectivity index (χ3n) is 5.82. The molecule has 2 aliphatic heterocycles. The summed E-state index contributed by atoms with van der Waals surface area (Å²) in [6.07, 6.45) is 4.13. The van der Waals surface area contributed by atoms with Gasteiger partial charge in [0.15, 0.2) is 0 Å². The summed E-state index contributed by atoms with van der Waals surface area (Å²) in [7, 11) is 0. The first-order valence-corrected chi connectivity index (χ1v) is 9.31. The fourth-order valence-electron chi connectivity index (χ4n) is 4.20. The van der Waals surface area contributed by atoms with Gasteiger partial charge in [-0.25, -0.2) is 9.18 Å². The van der Waals surface area contributed by atoms with Gasteiger partial charge in [0, 0.05) is 31.7 Å². The maximum absolute atomic E-state index is 13.5. The lowest BCUT2D eigenvalue weighted by molar-refractivity contribution is 0.00997. The zero-order valence-corrected chi connectivity index (χ0v) is 14.5. The van der Waals surface area contributed by atoms with E-state index in [4.69, 9.17) is 4.74 Å². The Balaban J connectivity index is 1.37. The van der Waals surface area contributed by atoms with E-state index in [2.05, 4.69) is 10.2 Å². The highest BCUT2D eigenvalue weighted by atomic mass is 19.1. The molecule has 1 aliphatic carbocycles. The van der Waals surface area contributed by atoms with Crippen molar-refractivity contribution >= 4 is 6.03 Å². The number of hydrogen-bond acceptors (Lipinski definition) is 3. The molecule has 0 spiro atoms. The SMILES string of the molecule is O=C(NCC1(N2CCOCC2)CC1)N1CCC[C@H]1c1cccc(F)c1. The molecule has 1 saturated carbocycles. The molecule has 4 rings (SSSR count).